The summed E-state index contributed by atoms with van der Waals surface area (Å²) < 4.78 is 13.3. The molecule has 0 aliphatic rings. The van der Waals surface area contributed by atoms with Gasteiger partial charge in [-0.05, 0) is 41.8 Å². The van der Waals surface area contributed by atoms with Gasteiger partial charge >= 0.3 is 0 Å². The molecular formula is C14H15ClFN. The van der Waals surface area contributed by atoms with Gasteiger partial charge in [0.2, 0.25) is 0 Å². The first-order valence-electron chi connectivity index (χ1n) is 5.25. The minimum Gasteiger partial charge on any atom is -0.326 e. The van der Waals surface area contributed by atoms with Crippen molar-refractivity contribution in [3.05, 3.63) is 59.4 Å². The molecular weight excluding hydrogens is 237 g/mol. The first kappa shape index (κ1) is 13.7. The van der Waals surface area contributed by atoms with Crippen molar-refractivity contribution >= 4 is 12.4 Å². The van der Waals surface area contributed by atoms with E-state index < -0.39 is 0 Å². The van der Waals surface area contributed by atoms with Crippen molar-refractivity contribution in [1.82, 2.24) is 0 Å². The van der Waals surface area contributed by atoms with Crippen LogP contribution >= 0.6 is 12.4 Å². The zero-order chi connectivity index (χ0) is 11.5. The lowest BCUT2D eigenvalue weighted by Gasteiger charge is -2.05. The SMILES string of the molecule is Cc1cccc(-c2cc(F)cc(CN)c2)c1.Cl. The Labute approximate surface area is 107 Å². The third kappa shape index (κ3) is 3.29. The van der Waals surface area contributed by atoms with Crippen LogP contribution in [0.4, 0.5) is 4.39 Å². The molecule has 0 saturated carbocycles. The highest BCUT2D eigenvalue weighted by Gasteiger charge is 2.02. The fraction of sp³-hybridized carbons (Fsp3) is 0.143. The van der Waals surface area contributed by atoms with E-state index in [0.717, 1.165) is 22.3 Å². The zero-order valence-corrected chi connectivity index (χ0v) is 10.4. The number of hydrogen-bond acceptors (Lipinski definition) is 1. The lowest BCUT2D eigenvalue weighted by atomic mass is 10.0. The molecule has 0 fully saturated rings. The monoisotopic (exact) mass is 251 g/mol. The van der Waals surface area contributed by atoms with Crippen LogP contribution in [0.5, 0.6) is 0 Å². The summed E-state index contributed by atoms with van der Waals surface area (Å²) in [6.07, 6.45) is 0. The fourth-order valence-electron chi connectivity index (χ4n) is 1.76. The van der Waals surface area contributed by atoms with Crippen LogP contribution in [0.3, 0.4) is 0 Å². The summed E-state index contributed by atoms with van der Waals surface area (Å²) in [6.45, 7) is 2.38. The molecule has 0 aliphatic heterocycles. The predicted octanol–water partition coefficient (Wildman–Crippen LogP) is 3.68. The first-order chi connectivity index (χ1) is 7.69. The number of halogens is 2. The minimum absolute atomic E-state index is 0. The summed E-state index contributed by atoms with van der Waals surface area (Å²) in [4.78, 5) is 0. The molecule has 0 spiro atoms. The van der Waals surface area contributed by atoms with E-state index in [1.54, 1.807) is 0 Å². The Bertz CT molecular complexity index is 511. The van der Waals surface area contributed by atoms with E-state index in [9.17, 15) is 4.39 Å². The van der Waals surface area contributed by atoms with E-state index >= 15 is 0 Å². The highest BCUT2D eigenvalue weighted by molar-refractivity contribution is 5.85. The summed E-state index contributed by atoms with van der Waals surface area (Å²) >= 11 is 0. The van der Waals surface area contributed by atoms with Crippen molar-refractivity contribution in [2.45, 2.75) is 13.5 Å². The topological polar surface area (TPSA) is 26.0 Å². The Hall–Kier alpha value is -1.38. The summed E-state index contributed by atoms with van der Waals surface area (Å²) in [5, 5.41) is 0. The molecule has 0 amide bonds. The summed E-state index contributed by atoms with van der Waals surface area (Å²) in [5.74, 6) is -0.237. The van der Waals surface area contributed by atoms with Crippen LogP contribution in [-0.2, 0) is 6.54 Å². The van der Waals surface area contributed by atoms with Crippen molar-refractivity contribution in [3.8, 4) is 11.1 Å². The standard InChI is InChI=1S/C14H14FN.ClH/c1-10-3-2-4-12(5-10)13-6-11(9-16)7-14(15)8-13;/h2-8H,9,16H2,1H3;1H. The van der Waals surface area contributed by atoms with E-state index in [1.807, 2.05) is 37.3 Å². The highest BCUT2D eigenvalue weighted by atomic mass is 35.5. The first-order valence-corrected chi connectivity index (χ1v) is 5.25. The quantitative estimate of drug-likeness (QED) is 0.866. The van der Waals surface area contributed by atoms with Gasteiger partial charge in [0.05, 0.1) is 0 Å². The second-order valence-electron chi connectivity index (χ2n) is 3.92. The molecule has 2 N–H and O–H groups in total. The molecule has 90 valence electrons. The maximum Gasteiger partial charge on any atom is 0.124 e. The Morgan fingerprint density at radius 3 is 2.47 bits per heavy atom. The van der Waals surface area contributed by atoms with Crippen molar-refractivity contribution in [2.24, 2.45) is 5.73 Å². The van der Waals surface area contributed by atoms with Crippen LogP contribution in [0.15, 0.2) is 42.5 Å². The largest absolute Gasteiger partial charge is 0.326 e. The third-order valence-corrected chi connectivity index (χ3v) is 2.54. The molecule has 0 aliphatic carbocycles. The van der Waals surface area contributed by atoms with Gasteiger partial charge in [-0.25, -0.2) is 4.39 Å². The Morgan fingerprint density at radius 1 is 1.06 bits per heavy atom. The molecule has 0 aromatic heterocycles. The van der Waals surface area contributed by atoms with Crippen LogP contribution in [0, 0.1) is 12.7 Å². The maximum atomic E-state index is 13.3. The molecule has 2 rings (SSSR count). The van der Waals surface area contributed by atoms with Gasteiger partial charge in [0, 0.05) is 6.54 Å². The van der Waals surface area contributed by atoms with Gasteiger partial charge in [0.15, 0.2) is 0 Å². The van der Waals surface area contributed by atoms with Gasteiger partial charge < -0.3 is 5.73 Å². The number of benzene rings is 2. The van der Waals surface area contributed by atoms with Crippen molar-refractivity contribution in [2.75, 3.05) is 0 Å². The second-order valence-corrected chi connectivity index (χ2v) is 3.92. The molecule has 0 saturated heterocycles. The number of hydrogen-bond donors (Lipinski definition) is 1. The van der Waals surface area contributed by atoms with E-state index in [-0.39, 0.29) is 18.2 Å². The summed E-state index contributed by atoms with van der Waals surface area (Å²) in [5.41, 5.74) is 9.41. The number of aryl methyl sites for hydroxylation is 1. The molecule has 0 radical (unpaired) electrons. The van der Waals surface area contributed by atoms with Crippen LogP contribution in [0.25, 0.3) is 11.1 Å². The number of nitrogens with two attached hydrogens (primary N) is 1. The summed E-state index contributed by atoms with van der Waals surface area (Å²) in [7, 11) is 0. The highest BCUT2D eigenvalue weighted by Crippen LogP contribution is 2.22. The van der Waals surface area contributed by atoms with Gasteiger partial charge in [0.25, 0.3) is 0 Å². The average molecular weight is 252 g/mol. The lowest BCUT2D eigenvalue weighted by molar-refractivity contribution is 0.626. The third-order valence-electron chi connectivity index (χ3n) is 2.54. The molecule has 2 aromatic carbocycles. The van der Waals surface area contributed by atoms with Crippen LogP contribution < -0.4 is 5.73 Å². The van der Waals surface area contributed by atoms with E-state index in [1.165, 1.54) is 12.1 Å². The molecule has 3 heteroatoms. The normalized spacial score (nSPS) is 9.82. The molecule has 0 bridgehead atoms. The minimum atomic E-state index is -0.237. The summed E-state index contributed by atoms with van der Waals surface area (Å²) in [6, 6.07) is 12.9. The van der Waals surface area contributed by atoms with Gasteiger partial charge in [0.1, 0.15) is 5.82 Å². The van der Waals surface area contributed by atoms with Crippen LogP contribution in [0.2, 0.25) is 0 Å². The van der Waals surface area contributed by atoms with Gasteiger partial charge in [-0.3, -0.25) is 0 Å². The van der Waals surface area contributed by atoms with Crippen molar-refractivity contribution < 1.29 is 4.39 Å². The van der Waals surface area contributed by atoms with Crippen molar-refractivity contribution in [3.63, 3.8) is 0 Å². The van der Waals surface area contributed by atoms with Crippen LogP contribution in [0.1, 0.15) is 11.1 Å². The molecule has 0 unspecified atom stereocenters. The second kappa shape index (κ2) is 5.80. The smallest absolute Gasteiger partial charge is 0.124 e. The van der Waals surface area contributed by atoms with E-state index in [0.29, 0.717) is 6.54 Å². The van der Waals surface area contributed by atoms with Crippen molar-refractivity contribution in [1.29, 1.82) is 0 Å². The van der Waals surface area contributed by atoms with E-state index in [2.05, 4.69) is 0 Å². The Morgan fingerprint density at radius 2 is 1.82 bits per heavy atom. The molecule has 17 heavy (non-hydrogen) atoms. The molecule has 0 atom stereocenters. The molecule has 0 heterocycles. The fourth-order valence-corrected chi connectivity index (χ4v) is 1.76. The lowest BCUT2D eigenvalue weighted by Crippen LogP contribution is -1.97. The van der Waals surface area contributed by atoms with Crippen LogP contribution in [-0.4, -0.2) is 0 Å². The maximum absolute atomic E-state index is 13.3. The molecule has 1 nitrogen and oxygen atoms in total. The van der Waals surface area contributed by atoms with Gasteiger partial charge in [-0.2, -0.15) is 0 Å². The predicted molar refractivity (Wildman–Crippen MR) is 71.7 cm³/mol. The van der Waals surface area contributed by atoms with E-state index in [4.69, 9.17) is 5.73 Å². The Kier molecular flexibility index (Phi) is 4.67. The van der Waals surface area contributed by atoms with Gasteiger partial charge in [-0.15, -0.1) is 12.4 Å². The number of rotatable bonds is 2. The van der Waals surface area contributed by atoms with Gasteiger partial charge in [-0.1, -0.05) is 29.8 Å². The molecule has 2 aromatic rings. The Balaban J connectivity index is 0.00000144. The zero-order valence-electron chi connectivity index (χ0n) is 9.61. The average Bonchev–Trinajstić information content (AvgIpc) is 2.28.